The largest absolute Gasteiger partial charge is 0.417 e. The zero-order chi connectivity index (χ0) is 22.2. The lowest BCUT2D eigenvalue weighted by Crippen LogP contribution is -2.41. The highest BCUT2D eigenvalue weighted by atomic mass is 35.5. The van der Waals surface area contributed by atoms with Crippen LogP contribution in [-0.2, 0) is 6.18 Å². The van der Waals surface area contributed by atoms with Crippen LogP contribution in [0.1, 0.15) is 33.9 Å². The first-order valence-electron chi connectivity index (χ1n) is 9.48. The Bertz CT molecular complexity index is 1140. The molecule has 7 nitrogen and oxygen atoms in total. The first kappa shape index (κ1) is 21.3. The number of amides is 1. The second-order valence-electron chi connectivity index (χ2n) is 7.26. The summed E-state index contributed by atoms with van der Waals surface area (Å²) < 4.78 is 40.2. The number of primary amides is 1. The second kappa shape index (κ2) is 8.27. The minimum atomic E-state index is -4.57. The Kier molecular flexibility index (Phi) is 5.67. The van der Waals surface area contributed by atoms with Gasteiger partial charge >= 0.3 is 6.18 Å². The number of pyridine rings is 1. The highest BCUT2D eigenvalue weighted by molar-refractivity contribution is 6.31. The highest BCUT2D eigenvalue weighted by Gasteiger charge is 2.34. The number of carbonyl (C=O) groups excluding carboxylic acids is 1. The molecule has 1 saturated heterocycles. The molecule has 0 saturated carbocycles. The predicted octanol–water partition coefficient (Wildman–Crippen LogP) is 3.65. The Morgan fingerprint density at radius 1 is 1.26 bits per heavy atom. The first-order chi connectivity index (χ1) is 14.7. The maximum absolute atomic E-state index is 13.4. The summed E-state index contributed by atoms with van der Waals surface area (Å²) in [6.07, 6.45) is 0.516. The molecule has 11 heteroatoms. The number of carbonyl (C=O) groups is 1. The van der Waals surface area contributed by atoms with Gasteiger partial charge in [0.25, 0.3) is 5.91 Å². The molecule has 3 heterocycles. The summed E-state index contributed by atoms with van der Waals surface area (Å²) in [4.78, 5) is 26.2. The third kappa shape index (κ3) is 4.40. The lowest BCUT2D eigenvalue weighted by Gasteiger charge is -2.35. The van der Waals surface area contributed by atoms with Crippen LogP contribution in [0, 0.1) is 0 Å². The van der Waals surface area contributed by atoms with Gasteiger partial charge in [-0.1, -0.05) is 17.7 Å². The van der Waals surface area contributed by atoms with Crippen LogP contribution in [-0.4, -0.2) is 45.4 Å². The minimum absolute atomic E-state index is 0.132. The van der Waals surface area contributed by atoms with Crippen LogP contribution in [0.5, 0.6) is 0 Å². The SMILES string of the molecule is NC(=O)c1cncc2c(NC(CN3CCC3)c3ccc(Cl)c(C(F)(F)F)c3)ncnc12. The molecular formula is C20H18ClF3N6O. The molecule has 1 amide bonds. The number of alkyl halides is 3. The van der Waals surface area contributed by atoms with Gasteiger partial charge in [0.05, 0.1) is 33.1 Å². The number of likely N-dealkylation sites (tertiary alicyclic amines) is 1. The lowest BCUT2D eigenvalue weighted by molar-refractivity contribution is -0.137. The third-order valence-corrected chi connectivity index (χ3v) is 5.54. The van der Waals surface area contributed by atoms with Gasteiger partial charge in [-0.3, -0.25) is 9.78 Å². The van der Waals surface area contributed by atoms with Crippen LogP contribution < -0.4 is 11.1 Å². The van der Waals surface area contributed by atoms with Gasteiger partial charge in [-0.05, 0) is 37.2 Å². The fourth-order valence-corrected chi connectivity index (χ4v) is 3.70. The van der Waals surface area contributed by atoms with E-state index in [0.717, 1.165) is 25.6 Å². The number of nitrogens with two attached hydrogens (primary N) is 1. The fraction of sp³-hybridized carbons (Fsp3) is 0.300. The molecule has 4 rings (SSSR count). The smallest absolute Gasteiger partial charge is 0.365 e. The molecular weight excluding hydrogens is 433 g/mol. The molecule has 31 heavy (non-hydrogen) atoms. The molecule has 3 aromatic rings. The molecule has 1 aliphatic rings. The average Bonchev–Trinajstić information content (AvgIpc) is 2.68. The van der Waals surface area contributed by atoms with Gasteiger partial charge in [0.15, 0.2) is 0 Å². The Hall–Kier alpha value is -2.98. The van der Waals surface area contributed by atoms with E-state index in [1.165, 1.54) is 24.8 Å². The van der Waals surface area contributed by atoms with Gasteiger partial charge in [-0.2, -0.15) is 13.2 Å². The standard InChI is InChI=1S/C20H18ClF3N6O/c21-15-3-2-11(6-14(15)20(22,23)24)16(9-30-4-1-5-30)29-19-13-8-26-7-12(18(25)31)17(13)27-10-28-19/h2-3,6-8,10,16H,1,4-5,9H2,(H2,25,31)(H,27,28,29). The van der Waals surface area contributed by atoms with Crippen molar-refractivity contribution in [3.05, 3.63) is 58.6 Å². The minimum Gasteiger partial charge on any atom is -0.365 e. The van der Waals surface area contributed by atoms with E-state index in [1.54, 1.807) is 6.07 Å². The van der Waals surface area contributed by atoms with Crippen LogP contribution >= 0.6 is 11.6 Å². The zero-order valence-corrected chi connectivity index (χ0v) is 16.9. The Morgan fingerprint density at radius 2 is 2.03 bits per heavy atom. The van der Waals surface area contributed by atoms with Crippen molar-refractivity contribution in [1.82, 2.24) is 19.9 Å². The molecule has 1 unspecified atom stereocenters. The van der Waals surface area contributed by atoms with Crippen LogP contribution in [0.25, 0.3) is 10.9 Å². The second-order valence-corrected chi connectivity index (χ2v) is 7.67. The van der Waals surface area contributed by atoms with Crippen molar-refractivity contribution in [3.8, 4) is 0 Å². The van der Waals surface area contributed by atoms with Crippen molar-refractivity contribution in [1.29, 1.82) is 0 Å². The molecule has 3 N–H and O–H groups in total. The Labute approximate surface area is 180 Å². The van der Waals surface area contributed by atoms with Gasteiger partial charge in [0, 0.05) is 18.9 Å². The van der Waals surface area contributed by atoms with Gasteiger partial charge in [0.2, 0.25) is 0 Å². The van der Waals surface area contributed by atoms with E-state index in [2.05, 4.69) is 25.2 Å². The number of hydrogen-bond acceptors (Lipinski definition) is 6. The molecule has 1 aliphatic heterocycles. The highest BCUT2D eigenvalue weighted by Crippen LogP contribution is 2.37. The summed E-state index contributed by atoms with van der Waals surface area (Å²) in [6, 6.07) is 3.34. The summed E-state index contributed by atoms with van der Waals surface area (Å²) in [7, 11) is 0. The monoisotopic (exact) mass is 450 g/mol. The summed E-state index contributed by atoms with van der Waals surface area (Å²) in [6.45, 7) is 2.18. The summed E-state index contributed by atoms with van der Waals surface area (Å²) in [5, 5.41) is 3.29. The third-order valence-electron chi connectivity index (χ3n) is 5.21. The maximum atomic E-state index is 13.4. The number of benzene rings is 1. The maximum Gasteiger partial charge on any atom is 0.417 e. The van der Waals surface area contributed by atoms with Crippen LogP contribution in [0.2, 0.25) is 5.02 Å². The normalized spacial score (nSPS) is 15.5. The van der Waals surface area contributed by atoms with Crippen LogP contribution in [0.3, 0.4) is 0 Å². The number of halogens is 4. The Balaban J connectivity index is 1.75. The van der Waals surface area contributed by atoms with Gasteiger partial charge in [-0.15, -0.1) is 0 Å². The van der Waals surface area contributed by atoms with Crippen LogP contribution in [0.15, 0.2) is 36.9 Å². The molecule has 162 valence electrons. The Morgan fingerprint density at radius 3 is 2.68 bits per heavy atom. The first-order valence-corrected chi connectivity index (χ1v) is 9.86. The van der Waals surface area contributed by atoms with Crippen molar-refractivity contribution in [2.75, 3.05) is 25.0 Å². The number of fused-ring (bicyclic) bond motifs is 1. The van der Waals surface area contributed by atoms with Crippen LogP contribution in [0.4, 0.5) is 19.0 Å². The molecule has 1 fully saturated rings. The average molecular weight is 451 g/mol. The summed E-state index contributed by atoms with van der Waals surface area (Å²) >= 11 is 5.79. The predicted molar refractivity (Wildman–Crippen MR) is 110 cm³/mol. The van der Waals surface area contributed by atoms with Crippen molar-refractivity contribution in [3.63, 3.8) is 0 Å². The van der Waals surface area contributed by atoms with E-state index in [4.69, 9.17) is 17.3 Å². The quantitative estimate of drug-likeness (QED) is 0.595. The molecule has 0 radical (unpaired) electrons. The zero-order valence-electron chi connectivity index (χ0n) is 16.2. The molecule has 1 atom stereocenters. The van der Waals surface area contributed by atoms with E-state index in [9.17, 15) is 18.0 Å². The van der Waals surface area contributed by atoms with E-state index >= 15 is 0 Å². The number of anilines is 1. The molecule has 0 bridgehead atoms. The number of nitrogens with one attached hydrogen (secondary N) is 1. The van der Waals surface area contributed by atoms with Gasteiger partial charge < -0.3 is 16.0 Å². The van der Waals surface area contributed by atoms with Gasteiger partial charge in [-0.25, -0.2) is 9.97 Å². The number of aromatic nitrogens is 3. The molecule has 1 aromatic carbocycles. The molecule has 0 aliphatic carbocycles. The van der Waals surface area contributed by atoms with Crippen molar-refractivity contribution in [2.24, 2.45) is 5.73 Å². The van der Waals surface area contributed by atoms with E-state index in [0.29, 0.717) is 28.8 Å². The van der Waals surface area contributed by atoms with Crippen molar-refractivity contribution < 1.29 is 18.0 Å². The summed E-state index contributed by atoms with van der Waals surface area (Å²) in [5.41, 5.74) is 5.36. The van der Waals surface area contributed by atoms with E-state index in [-0.39, 0.29) is 10.6 Å². The number of hydrogen-bond donors (Lipinski definition) is 2. The van der Waals surface area contributed by atoms with Crippen molar-refractivity contribution in [2.45, 2.75) is 18.6 Å². The number of nitrogens with zero attached hydrogens (tertiary/aromatic N) is 4. The molecule has 0 spiro atoms. The number of rotatable bonds is 6. The lowest BCUT2D eigenvalue weighted by atomic mass is 10.0. The van der Waals surface area contributed by atoms with E-state index < -0.39 is 23.7 Å². The molecule has 2 aromatic heterocycles. The fourth-order valence-electron chi connectivity index (χ4n) is 3.47. The topological polar surface area (TPSA) is 97.0 Å². The van der Waals surface area contributed by atoms with E-state index in [1.807, 2.05) is 0 Å². The van der Waals surface area contributed by atoms with Gasteiger partial charge in [0.1, 0.15) is 12.1 Å². The van der Waals surface area contributed by atoms with Crippen molar-refractivity contribution >= 4 is 34.2 Å². The summed E-state index contributed by atoms with van der Waals surface area (Å²) in [5.74, 6) is -0.345.